The number of aliphatic hydroxyl groups is 1. The van der Waals surface area contributed by atoms with E-state index in [0.29, 0.717) is 16.8 Å². The van der Waals surface area contributed by atoms with Gasteiger partial charge in [-0.3, -0.25) is 13.9 Å². The van der Waals surface area contributed by atoms with Crippen molar-refractivity contribution in [3.8, 4) is 0 Å². The second-order valence-corrected chi connectivity index (χ2v) is 4.35. The molecule has 2 aromatic heterocycles. The van der Waals surface area contributed by atoms with Crippen LogP contribution < -0.4 is 11.2 Å². The van der Waals surface area contributed by atoms with Gasteiger partial charge in [-0.05, 0) is 22.4 Å². The summed E-state index contributed by atoms with van der Waals surface area (Å²) in [6.07, 6.45) is 0.357. The largest absolute Gasteiger partial charge is 0.396 e. The van der Waals surface area contributed by atoms with Crippen molar-refractivity contribution in [1.29, 1.82) is 0 Å². The highest BCUT2D eigenvalue weighted by atomic mass is 79.9. The molecule has 2 N–H and O–H groups in total. The first-order valence-corrected chi connectivity index (χ1v) is 5.81. The van der Waals surface area contributed by atoms with Crippen molar-refractivity contribution in [2.75, 3.05) is 6.61 Å². The maximum Gasteiger partial charge on any atom is 0.332 e. The molecule has 0 fully saturated rings. The monoisotopic (exact) mass is 302 g/mol. The Hall–Kier alpha value is -1.41. The fourth-order valence-corrected chi connectivity index (χ4v) is 2.01. The molecule has 0 amide bonds. The number of nitrogens with zero attached hydrogens (tertiary/aromatic N) is 3. The number of nitrogens with one attached hydrogen (secondary N) is 1. The fourth-order valence-electron chi connectivity index (χ4n) is 1.65. The van der Waals surface area contributed by atoms with E-state index in [0.717, 1.165) is 4.57 Å². The highest BCUT2D eigenvalue weighted by Crippen LogP contribution is 2.08. The smallest absolute Gasteiger partial charge is 0.332 e. The summed E-state index contributed by atoms with van der Waals surface area (Å²) >= 11 is 3.12. The van der Waals surface area contributed by atoms with Crippen LogP contribution in [0.2, 0.25) is 0 Å². The number of aryl methyl sites for hydroxylation is 1. The van der Waals surface area contributed by atoms with Crippen LogP contribution in [-0.4, -0.2) is 30.8 Å². The van der Waals surface area contributed by atoms with E-state index in [1.165, 1.54) is 4.57 Å². The minimum atomic E-state index is -0.435. The Labute approximate surface area is 104 Å². The SMILES string of the molecule is Cn1c(=O)n(CCCO)c(=O)c2[nH]c(Br)nc21. The van der Waals surface area contributed by atoms with E-state index < -0.39 is 11.2 Å². The molecule has 0 saturated heterocycles. The van der Waals surface area contributed by atoms with Gasteiger partial charge in [0.25, 0.3) is 5.56 Å². The van der Waals surface area contributed by atoms with Gasteiger partial charge in [0.1, 0.15) is 0 Å². The number of aromatic nitrogens is 4. The number of aliphatic hydroxyl groups excluding tert-OH is 1. The van der Waals surface area contributed by atoms with Crippen molar-refractivity contribution in [3.05, 3.63) is 25.6 Å². The molecule has 0 aliphatic heterocycles. The molecule has 0 spiro atoms. The van der Waals surface area contributed by atoms with Crippen molar-refractivity contribution in [2.45, 2.75) is 13.0 Å². The lowest BCUT2D eigenvalue weighted by atomic mass is 10.4. The predicted molar refractivity (Wildman–Crippen MR) is 65.0 cm³/mol. The van der Waals surface area contributed by atoms with Crippen molar-refractivity contribution in [1.82, 2.24) is 19.1 Å². The third kappa shape index (κ3) is 1.93. The Morgan fingerprint density at radius 1 is 1.47 bits per heavy atom. The van der Waals surface area contributed by atoms with E-state index in [4.69, 9.17) is 5.11 Å². The molecule has 0 aliphatic rings. The van der Waals surface area contributed by atoms with Crippen LogP contribution in [0.15, 0.2) is 14.3 Å². The highest BCUT2D eigenvalue weighted by molar-refractivity contribution is 9.10. The summed E-state index contributed by atoms with van der Waals surface area (Å²) in [6.45, 7) is 0.120. The summed E-state index contributed by atoms with van der Waals surface area (Å²) in [6, 6.07) is 0. The molecule has 0 bridgehead atoms. The topological polar surface area (TPSA) is 92.9 Å². The number of hydrogen-bond acceptors (Lipinski definition) is 4. The van der Waals surface area contributed by atoms with Crippen LogP contribution in [0.4, 0.5) is 0 Å². The molecule has 0 radical (unpaired) electrons. The molecule has 7 nitrogen and oxygen atoms in total. The zero-order valence-corrected chi connectivity index (χ0v) is 10.7. The molecule has 2 rings (SSSR count). The van der Waals surface area contributed by atoms with Crippen LogP contribution >= 0.6 is 15.9 Å². The first-order chi connectivity index (χ1) is 8.06. The first kappa shape index (κ1) is 12.1. The number of fused-ring (bicyclic) bond motifs is 1. The lowest BCUT2D eigenvalue weighted by molar-refractivity contribution is 0.277. The van der Waals surface area contributed by atoms with Gasteiger partial charge in [0.2, 0.25) is 0 Å². The predicted octanol–water partition coefficient (Wildman–Crippen LogP) is -0.432. The molecule has 0 aliphatic carbocycles. The van der Waals surface area contributed by atoms with Gasteiger partial charge in [0.05, 0.1) is 0 Å². The van der Waals surface area contributed by atoms with Gasteiger partial charge in [-0.2, -0.15) is 0 Å². The van der Waals surface area contributed by atoms with Crippen molar-refractivity contribution >= 4 is 27.1 Å². The van der Waals surface area contributed by atoms with E-state index in [2.05, 4.69) is 25.9 Å². The van der Waals surface area contributed by atoms with Crippen LogP contribution in [0.25, 0.3) is 11.2 Å². The highest BCUT2D eigenvalue weighted by Gasteiger charge is 2.13. The van der Waals surface area contributed by atoms with E-state index in [1.807, 2.05) is 0 Å². The molecule has 0 atom stereocenters. The molecular formula is C9H11BrN4O3. The maximum absolute atomic E-state index is 12.0. The van der Waals surface area contributed by atoms with E-state index in [1.54, 1.807) is 7.05 Å². The lowest BCUT2D eigenvalue weighted by Gasteiger charge is -2.06. The minimum Gasteiger partial charge on any atom is -0.396 e. The van der Waals surface area contributed by atoms with Crippen LogP contribution in [0.1, 0.15) is 6.42 Å². The standard InChI is InChI=1S/C9H11BrN4O3/c1-13-6-5(11-8(10)12-6)7(16)14(9(13)17)3-2-4-15/h15H,2-4H2,1H3,(H,11,12). The van der Waals surface area contributed by atoms with Gasteiger partial charge in [-0.15, -0.1) is 0 Å². The van der Waals surface area contributed by atoms with Gasteiger partial charge in [0.15, 0.2) is 15.9 Å². The summed E-state index contributed by atoms with van der Waals surface area (Å²) in [5.41, 5.74) is -0.270. The van der Waals surface area contributed by atoms with Crippen LogP contribution in [-0.2, 0) is 13.6 Å². The second kappa shape index (κ2) is 4.46. The Bertz CT molecular complexity index is 669. The Kier molecular flexibility index (Phi) is 3.16. The van der Waals surface area contributed by atoms with Crippen LogP contribution in [0.5, 0.6) is 0 Å². The molecule has 2 aromatic rings. The number of rotatable bonds is 3. The molecule has 0 saturated carbocycles. The normalized spacial score (nSPS) is 11.2. The van der Waals surface area contributed by atoms with E-state index in [9.17, 15) is 9.59 Å². The lowest BCUT2D eigenvalue weighted by Crippen LogP contribution is -2.39. The molecule has 0 aromatic carbocycles. The molecule has 2 heterocycles. The van der Waals surface area contributed by atoms with Crippen molar-refractivity contribution in [3.63, 3.8) is 0 Å². The third-order valence-corrected chi connectivity index (χ3v) is 2.87. The van der Waals surface area contributed by atoms with Crippen LogP contribution in [0, 0.1) is 0 Å². The average molecular weight is 303 g/mol. The summed E-state index contributed by atoms with van der Waals surface area (Å²) in [7, 11) is 1.55. The van der Waals surface area contributed by atoms with Gasteiger partial charge in [0, 0.05) is 20.2 Å². The summed E-state index contributed by atoms with van der Waals surface area (Å²) < 4.78 is 2.79. The van der Waals surface area contributed by atoms with Crippen molar-refractivity contribution in [2.24, 2.45) is 7.05 Å². The van der Waals surface area contributed by atoms with E-state index in [-0.39, 0.29) is 18.7 Å². The maximum atomic E-state index is 12.0. The quantitative estimate of drug-likeness (QED) is 0.752. The summed E-state index contributed by atoms with van der Waals surface area (Å²) in [5, 5.41) is 8.74. The number of imidazole rings is 1. The van der Waals surface area contributed by atoms with Gasteiger partial charge in [-0.1, -0.05) is 0 Å². The van der Waals surface area contributed by atoms with E-state index >= 15 is 0 Å². The summed E-state index contributed by atoms with van der Waals surface area (Å²) in [4.78, 5) is 30.7. The second-order valence-electron chi connectivity index (χ2n) is 3.60. The Balaban J connectivity index is 2.77. The number of halogens is 1. The number of hydrogen-bond donors (Lipinski definition) is 2. The zero-order valence-electron chi connectivity index (χ0n) is 9.10. The number of H-pyrrole nitrogens is 1. The van der Waals surface area contributed by atoms with Gasteiger partial charge >= 0.3 is 5.69 Å². The molecule has 17 heavy (non-hydrogen) atoms. The first-order valence-electron chi connectivity index (χ1n) is 5.02. The third-order valence-electron chi connectivity index (χ3n) is 2.49. The van der Waals surface area contributed by atoms with Gasteiger partial charge < -0.3 is 10.1 Å². The zero-order chi connectivity index (χ0) is 12.6. The fraction of sp³-hybridized carbons (Fsp3) is 0.444. The molecule has 8 heteroatoms. The Morgan fingerprint density at radius 3 is 2.82 bits per heavy atom. The molecule has 92 valence electrons. The summed E-state index contributed by atoms with van der Waals surface area (Å²) in [5.74, 6) is 0. The average Bonchev–Trinajstić information content (AvgIpc) is 2.69. The molecule has 0 unspecified atom stereocenters. The Morgan fingerprint density at radius 2 is 2.18 bits per heavy atom. The molecular weight excluding hydrogens is 292 g/mol. The van der Waals surface area contributed by atoms with Crippen molar-refractivity contribution < 1.29 is 5.11 Å². The van der Waals surface area contributed by atoms with Crippen LogP contribution in [0.3, 0.4) is 0 Å². The van der Waals surface area contributed by atoms with Gasteiger partial charge in [-0.25, -0.2) is 9.78 Å². The minimum absolute atomic E-state index is 0.0691. The number of aromatic amines is 1.